The Morgan fingerprint density at radius 1 is 0.622 bits per heavy atom. The van der Waals surface area contributed by atoms with Crippen molar-refractivity contribution in [2.45, 2.75) is 50.3 Å². The Bertz CT molecular complexity index is 758. The van der Waals surface area contributed by atoms with Gasteiger partial charge in [0.15, 0.2) is 0 Å². The zero-order valence-electron chi connectivity index (χ0n) is 21.3. The Morgan fingerprint density at radius 3 is 1.05 bits per heavy atom. The van der Waals surface area contributed by atoms with Gasteiger partial charge in [0.1, 0.15) is 36.5 Å². The molecule has 2 rings (SSSR count). The van der Waals surface area contributed by atoms with Gasteiger partial charge in [-0.1, -0.05) is 60.7 Å². The van der Waals surface area contributed by atoms with Crippen molar-refractivity contribution in [2.75, 3.05) is 14.1 Å². The van der Waals surface area contributed by atoms with Gasteiger partial charge in [0.25, 0.3) is 0 Å². The summed E-state index contributed by atoms with van der Waals surface area (Å²) in [5, 5.41) is 59.3. The van der Waals surface area contributed by atoms with Crippen molar-refractivity contribution in [1.29, 1.82) is 0 Å². The molecule has 2 aromatic rings. The van der Waals surface area contributed by atoms with Crippen LogP contribution in [-0.2, 0) is 9.59 Å². The number of nitrogens with two attached hydrogens (primary N) is 2. The summed E-state index contributed by atoms with van der Waals surface area (Å²) >= 11 is 0. The van der Waals surface area contributed by atoms with Gasteiger partial charge in [-0.15, -0.1) is 0 Å². The van der Waals surface area contributed by atoms with E-state index < -0.39 is 24.1 Å². The average Bonchev–Trinajstić information content (AvgIpc) is 2.87. The van der Waals surface area contributed by atoms with E-state index in [4.69, 9.17) is 10.2 Å². The molecule has 0 spiro atoms. The van der Waals surface area contributed by atoms with Crippen LogP contribution in [0.2, 0.25) is 0 Å². The van der Waals surface area contributed by atoms with E-state index in [0.717, 1.165) is 11.1 Å². The van der Waals surface area contributed by atoms with Crippen molar-refractivity contribution < 1.29 is 67.3 Å². The Morgan fingerprint density at radius 2 is 0.865 bits per heavy atom. The summed E-state index contributed by atoms with van der Waals surface area (Å²) in [5.74, 6) is -4.12. The average molecular weight is 535 g/mol. The fourth-order valence-electron chi connectivity index (χ4n) is 2.53. The predicted octanol–water partition coefficient (Wildman–Crippen LogP) is -6.66. The second-order valence-electron chi connectivity index (χ2n) is 7.62. The second-order valence-corrected chi connectivity index (χ2v) is 7.62. The van der Waals surface area contributed by atoms with E-state index in [2.05, 4.69) is 0 Å². The van der Waals surface area contributed by atoms with E-state index in [9.17, 15) is 30.0 Å². The minimum Gasteiger partial charge on any atom is -0.547 e. The van der Waals surface area contributed by atoms with Gasteiger partial charge in [-0.2, -0.15) is 0 Å². The molecule has 0 saturated heterocycles. The molecule has 14 N–H and O–H groups in total. The lowest BCUT2D eigenvalue weighted by molar-refractivity contribution is -0.669. The summed E-state index contributed by atoms with van der Waals surface area (Å²) in [7, 11) is 3.94. The molecule has 37 heavy (non-hydrogen) atoms. The first-order chi connectivity index (χ1) is 16.0. The van der Waals surface area contributed by atoms with Crippen molar-refractivity contribution in [3.05, 3.63) is 71.8 Å². The molecule has 0 amide bonds. The zero-order valence-corrected chi connectivity index (χ0v) is 21.3. The molecular formula is C24H42N2O11. The van der Waals surface area contributed by atoms with Gasteiger partial charge in [-0.3, -0.25) is 0 Å². The summed E-state index contributed by atoms with van der Waals surface area (Å²) in [6.45, 7) is 4.02. The van der Waals surface area contributed by atoms with Gasteiger partial charge in [0.05, 0.1) is 26.0 Å². The molecule has 214 valence electrons. The third kappa shape index (κ3) is 15.7. The maximum atomic E-state index is 9.76. The van der Waals surface area contributed by atoms with Gasteiger partial charge >= 0.3 is 0 Å². The monoisotopic (exact) mass is 534 g/mol. The largest absolute Gasteiger partial charge is 0.547 e. The van der Waals surface area contributed by atoms with Gasteiger partial charge in [-0.25, -0.2) is 0 Å². The van der Waals surface area contributed by atoms with Gasteiger partial charge in [0, 0.05) is 0 Å². The van der Waals surface area contributed by atoms with Crippen LogP contribution in [0.5, 0.6) is 0 Å². The fraction of sp³-hybridized carbons (Fsp3) is 0.417. The van der Waals surface area contributed by atoms with E-state index in [-0.39, 0.29) is 40.7 Å². The molecule has 0 radical (unpaired) electrons. The minimum atomic E-state index is -2.44. The predicted molar refractivity (Wildman–Crippen MR) is 130 cm³/mol. The summed E-state index contributed by atoms with van der Waals surface area (Å²) in [6.07, 6.45) is -5.61. The second kappa shape index (κ2) is 22.2. The first kappa shape index (κ1) is 41.2. The Hall–Kier alpha value is -2.98. The molecular weight excluding hydrogens is 492 g/mol. The first-order valence-electron chi connectivity index (χ1n) is 10.8. The lowest BCUT2D eigenvalue weighted by Gasteiger charge is -2.18. The lowest BCUT2D eigenvalue weighted by Crippen LogP contribution is -2.86. The van der Waals surface area contributed by atoms with Crippen LogP contribution in [0.25, 0.3) is 0 Å². The molecule has 13 nitrogen and oxygen atoms in total. The summed E-state index contributed by atoms with van der Waals surface area (Å²) in [5.41, 5.74) is 1.98. The molecule has 0 saturated carbocycles. The third-order valence-electron chi connectivity index (χ3n) is 5.11. The third-order valence-corrected chi connectivity index (χ3v) is 5.11. The Labute approximate surface area is 216 Å². The molecule has 6 atom stereocenters. The molecule has 0 heterocycles. The smallest absolute Gasteiger partial charge is 0.130 e. The van der Waals surface area contributed by atoms with Gasteiger partial charge in [0.2, 0.25) is 0 Å². The summed E-state index contributed by atoms with van der Waals surface area (Å²) < 4.78 is 0. The highest BCUT2D eigenvalue weighted by molar-refractivity contribution is 5.80. The van der Waals surface area contributed by atoms with Crippen LogP contribution in [0.1, 0.15) is 37.2 Å². The quantitative estimate of drug-likeness (QED) is 0.179. The van der Waals surface area contributed by atoms with Crippen LogP contribution in [0.15, 0.2) is 60.7 Å². The molecule has 0 aliphatic carbocycles. The number of carbonyl (C=O) groups is 2. The summed E-state index contributed by atoms with van der Waals surface area (Å²) in [6, 6.07) is 19.9. The number of quaternary nitrogens is 2. The molecule has 0 unspecified atom stereocenters. The molecule has 0 aliphatic heterocycles. The van der Waals surface area contributed by atoms with Crippen molar-refractivity contribution in [1.82, 2.24) is 0 Å². The van der Waals surface area contributed by atoms with Crippen LogP contribution >= 0.6 is 0 Å². The van der Waals surface area contributed by atoms with E-state index >= 15 is 0 Å². The molecule has 2 aromatic carbocycles. The number of aliphatic hydroxyl groups excluding tert-OH is 4. The van der Waals surface area contributed by atoms with E-state index in [1.54, 1.807) is 0 Å². The number of carbonyl (C=O) groups excluding carboxylic acids is 2. The molecule has 0 bridgehead atoms. The number of benzene rings is 2. The zero-order chi connectivity index (χ0) is 26.3. The van der Waals surface area contributed by atoms with Crippen LogP contribution in [0, 0.1) is 0 Å². The number of aliphatic carboxylic acids is 2. The van der Waals surface area contributed by atoms with Crippen LogP contribution < -0.4 is 20.8 Å². The van der Waals surface area contributed by atoms with Gasteiger partial charge in [-0.05, 0) is 25.0 Å². The van der Waals surface area contributed by atoms with Crippen molar-refractivity contribution in [3.63, 3.8) is 0 Å². The van der Waals surface area contributed by atoms with Gasteiger partial charge < -0.3 is 67.3 Å². The number of aliphatic hydroxyl groups is 4. The number of rotatable bonds is 9. The lowest BCUT2D eigenvalue weighted by atomic mass is 10.0. The highest BCUT2D eigenvalue weighted by Crippen LogP contribution is 2.14. The number of carboxylic acids is 2. The van der Waals surface area contributed by atoms with E-state index in [1.807, 2.05) is 99.2 Å². The Kier molecular flexibility index (Phi) is 24.7. The standard InChI is InChI=1S/2C10H15NO.C4H6O6.3H2O/c2*1-8(11-2)10(12)9-6-4-3-5-7-9;5-1(3(7)8)2(6)4(9)10;;;/h2*3-8,10-12H,1-2H3;1-2,5-6H,(H,7,8)(H,9,10);3*1H2/t2*8-,10-;1-,2-;;;/m110.../s1. The summed E-state index contributed by atoms with van der Waals surface area (Å²) in [4.78, 5) is 19.3. The normalized spacial score (nSPS) is 14.4. The highest BCUT2D eigenvalue weighted by Gasteiger charge is 2.18. The minimum absolute atomic E-state index is 0. The number of carboxylic acid groups (broad SMARTS) is 2. The van der Waals surface area contributed by atoms with E-state index in [1.165, 1.54) is 0 Å². The number of hydrogen-bond acceptors (Lipinski definition) is 8. The molecule has 0 aliphatic rings. The number of likely N-dealkylation sites (N-methyl/N-ethyl adjacent to an activating group) is 2. The maximum Gasteiger partial charge on any atom is 0.130 e. The topological polar surface area (TPSA) is 289 Å². The van der Waals surface area contributed by atoms with Crippen LogP contribution in [-0.4, -0.2) is 87.2 Å². The van der Waals surface area contributed by atoms with E-state index in [0.29, 0.717) is 0 Å². The molecule has 0 aromatic heterocycles. The van der Waals surface area contributed by atoms with Crippen molar-refractivity contribution in [3.8, 4) is 0 Å². The molecule has 13 heteroatoms. The van der Waals surface area contributed by atoms with Crippen LogP contribution in [0.4, 0.5) is 0 Å². The highest BCUT2D eigenvalue weighted by atomic mass is 16.4. The Balaban J connectivity index is -0.000000213. The van der Waals surface area contributed by atoms with Crippen molar-refractivity contribution >= 4 is 11.9 Å². The maximum absolute atomic E-state index is 9.76. The molecule has 0 fully saturated rings. The first-order valence-corrected chi connectivity index (χ1v) is 10.8. The SMILES string of the molecule is C[NH2+][C@H](C)[C@@H](O)c1ccccc1.C[NH2+][C@H](C)[C@@H](O)c1ccccc1.O.O.O.O=C([O-])[C@@H](O)[C@H](O)C(=O)[O-]. The van der Waals surface area contributed by atoms with Crippen LogP contribution in [0.3, 0.4) is 0 Å². The van der Waals surface area contributed by atoms with Crippen molar-refractivity contribution in [2.24, 2.45) is 0 Å². The fourth-order valence-corrected chi connectivity index (χ4v) is 2.53. The number of hydrogen-bond donors (Lipinski definition) is 6.